The van der Waals surface area contributed by atoms with Crippen molar-refractivity contribution in [3.05, 3.63) is 35.1 Å². The number of rotatable bonds is 4. The van der Waals surface area contributed by atoms with E-state index in [2.05, 4.69) is 11.2 Å². The molecule has 0 bridgehead atoms. The molecule has 0 unspecified atom stereocenters. The van der Waals surface area contributed by atoms with Crippen LogP contribution in [0.4, 0.5) is 4.39 Å². The predicted molar refractivity (Wildman–Crippen MR) is 63.3 cm³/mol. The summed E-state index contributed by atoms with van der Waals surface area (Å²) in [5.41, 5.74) is 0.487. The molecule has 0 aliphatic heterocycles. The van der Waals surface area contributed by atoms with E-state index < -0.39 is 24.3 Å². The van der Waals surface area contributed by atoms with E-state index in [1.54, 1.807) is 6.92 Å². The summed E-state index contributed by atoms with van der Waals surface area (Å²) in [6.45, 7) is 1.20. The molecular weight excluding hydrogens is 237 g/mol. The van der Waals surface area contributed by atoms with Crippen LogP contribution in [0.3, 0.4) is 0 Å². The quantitative estimate of drug-likeness (QED) is 0.640. The monoisotopic (exact) mass is 249 g/mol. The van der Waals surface area contributed by atoms with Crippen LogP contribution in [0.5, 0.6) is 0 Å². The van der Waals surface area contributed by atoms with Crippen LogP contribution in [0.25, 0.3) is 0 Å². The van der Waals surface area contributed by atoms with E-state index in [-0.39, 0.29) is 12.1 Å². The average Bonchev–Trinajstić information content (AvgIpc) is 2.36. The second-order valence-electron chi connectivity index (χ2n) is 3.52. The van der Waals surface area contributed by atoms with Gasteiger partial charge in [-0.1, -0.05) is 12.0 Å². The van der Waals surface area contributed by atoms with E-state index in [0.717, 1.165) is 6.07 Å². The minimum Gasteiger partial charge on any atom is -0.452 e. The molecule has 0 atom stereocenters. The summed E-state index contributed by atoms with van der Waals surface area (Å²) in [4.78, 5) is 22.6. The second-order valence-corrected chi connectivity index (χ2v) is 3.52. The Kier molecular flexibility index (Phi) is 4.88. The zero-order valence-corrected chi connectivity index (χ0v) is 9.83. The van der Waals surface area contributed by atoms with Gasteiger partial charge in [-0.3, -0.25) is 4.79 Å². The van der Waals surface area contributed by atoms with Gasteiger partial charge in [0.2, 0.25) is 0 Å². The van der Waals surface area contributed by atoms with Gasteiger partial charge in [0, 0.05) is 0 Å². The third-order valence-corrected chi connectivity index (χ3v) is 2.13. The van der Waals surface area contributed by atoms with Crippen molar-refractivity contribution in [2.24, 2.45) is 0 Å². The number of carbonyl (C=O) groups excluding carboxylic acids is 2. The van der Waals surface area contributed by atoms with Crippen molar-refractivity contribution in [1.82, 2.24) is 5.32 Å². The van der Waals surface area contributed by atoms with Crippen molar-refractivity contribution in [3.8, 4) is 12.3 Å². The van der Waals surface area contributed by atoms with Crippen LogP contribution in [0.1, 0.15) is 15.9 Å². The number of terminal acetylenes is 1. The molecule has 1 aromatic carbocycles. The molecule has 1 aromatic rings. The van der Waals surface area contributed by atoms with Crippen LogP contribution in [0.2, 0.25) is 0 Å². The molecule has 0 radical (unpaired) electrons. The molecule has 1 amide bonds. The molecule has 5 heteroatoms. The first kappa shape index (κ1) is 13.7. The van der Waals surface area contributed by atoms with Crippen molar-refractivity contribution in [2.45, 2.75) is 6.92 Å². The number of carbonyl (C=O) groups is 2. The first-order valence-electron chi connectivity index (χ1n) is 5.18. The zero-order chi connectivity index (χ0) is 13.5. The van der Waals surface area contributed by atoms with Gasteiger partial charge in [-0.05, 0) is 24.6 Å². The van der Waals surface area contributed by atoms with Crippen molar-refractivity contribution in [2.75, 3.05) is 13.2 Å². The summed E-state index contributed by atoms with van der Waals surface area (Å²) in [5, 5.41) is 2.33. The molecule has 0 heterocycles. The Balaban J connectivity index is 2.53. The molecule has 0 aliphatic carbocycles. The zero-order valence-electron chi connectivity index (χ0n) is 9.83. The topological polar surface area (TPSA) is 55.4 Å². The lowest BCUT2D eigenvalue weighted by atomic mass is 10.1. The minimum absolute atomic E-state index is 0.0582. The number of nitrogens with one attached hydrogen (secondary N) is 1. The number of hydrogen-bond donors (Lipinski definition) is 1. The van der Waals surface area contributed by atoms with E-state index in [9.17, 15) is 14.0 Å². The molecule has 0 aromatic heterocycles. The van der Waals surface area contributed by atoms with Gasteiger partial charge in [0.25, 0.3) is 5.91 Å². The highest BCUT2D eigenvalue weighted by molar-refractivity contribution is 5.91. The van der Waals surface area contributed by atoms with Gasteiger partial charge in [-0.15, -0.1) is 6.42 Å². The van der Waals surface area contributed by atoms with Gasteiger partial charge in [0.15, 0.2) is 6.61 Å². The van der Waals surface area contributed by atoms with Crippen LogP contribution < -0.4 is 5.32 Å². The van der Waals surface area contributed by atoms with E-state index >= 15 is 0 Å². The van der Waals surface area contributed by atoms with Crippen LogP contribution in [-0.2, 0) is 9.53 Å². The van der Waals surface area contributed by atoms with Crippen molar-refractivity contribution in [3.63, 3.8) is 0 Å². The fourth-order valence-electron chi connectivity index (χ4n) is 1.13. The summed E-state index contributed by atoms with van der Waals surface area (Å²) in [6.07, 6.45) is 4.94. The summed E-state index contributed by atoms with van der Waals surface area (Å²) in [7, 11) is 0. The Hall–Kier alpha value is -2.35. The number of amides is 1. The lowest BCUT2D eigenvalue weighted by molar-refractivity contribution is -0.123. The Morgan fingerprint density at radius 2 is 2.22 bits per heavy atom. The molecule has 0 spiro atoms. The maximum atomic E-state index is 13.2. The van der Waals surface area contributed by atoms with Crippen LogP contribution in [-0.4, -0.2) is 25.0 Å². The van der Waals surface area contributed by atoms with Crippen molar-refractivity contribution in [1.29, 1.82) is 0 Å². The maximum absolute atomic E-state index is 13.2. The lowest BCUT2D eigenvalue weighted by Gasteiger charge is -2.05. The number of hydrogen-bond acceptors (Lipinski definition) is 3. The number of ether oxygens (including phenoxy) is 1. The molecular formula is C13H12FNO3. The van der Waals surface area contributed by atoms with Crippen LogP contribution >= 0.6 is 0 Å². The van der Waals surface area contributed by atoms with Gasteiger partial charge in [-0.2, -0.15) is 0 Å². The highest BCUT2D eigenvalue weighted by Crippen LogP contribution is 2.10. The van der Waals surface area contributed by atoms with E-state index in [1.165, 1.54) is 12.1 Å². The molecule has 0 aliphatic rings. The Morgan fingerprint density at radius 3 is 2.83 bits per heavy atom. The smallest absolute Gasteiger partial charge is 0.338 e. The number of esters is 1. The standard InChI is InChI=1S/C13H12FNO3/c1-3-6-15-12(16)8-18-13(17)10-5-4-9(2)11(14)7-10/h1,4-5,7H,6,8H2,2H3,(H,15,16). The van der Waals surface area contributed by atoms with E-state index in [1.807, 2.05) is 0 Å². The highest BCUT2D eigenvalue weighted by Gasteiger charge is 2.11. The summed E-state index contributed by atoms with van der Waals surface area (Å²) >= 11 is 0. The van der Waals surface area contributed by atoms with Gasteiger partial charge in [0.05, 0.1) is 12.1 Å². The largest absolute Gasteiger partial charge is 0.452 e. The van der Waals surface area contributed by atoms with Gasteiger partial charge in [0.1, 0.15) is 5.82 Å². The Labute approximate surface area is 104 Å². The Bertz CT molecular complexity index is 505. The highest BCUT2D eigenvalue weighted by atomic mass is 19.1. The first-order valence-corrected chi connectivity index (χ1v) is 5.18. The minimum atomic E-state index is -0.759. The summed E-state index contributed by atoms with van der Waals surface area (Å²) < 4.78 is 17.9. The third-order valence-electron chi connectivity index (χ3n) is 2.13. The van der Waals surface area contributed by atoms with E-state index in [4.69, 9.17) is 11.2 Å². The molecule has 18 heavy (non-hydrogen) atoms. The number of halogens is 1. The normalized spacial score (nSPS) is 9.39. The fraction of sp³-hybridized carbons (Fsp3) is 0.231. The number of benzene rings is 1. The maximum Gasteiger partial charge on any atom is 0.338 e. The molecule has 0 fully saturated rings. The molecule has 1 rings (SSSR count). The fourth-order valence-corrected chi connectivity index (χ4v) is 1.13. The summed E-state index contributed by atoms with van der Waals surface area (Å²) in [6, 6.07) is 3.96. The SMILES string of the molecule is C#CCNC(=O)COC(=O)c1ccc(C)c(F)c1. The van der Waals surface area contributed by atoms with E-state index in [0.29, 0.717) is 5.56 Å². The molecule has 1 N–H and O–H groups in total. The van der Waals surface area contributed by atoms with Gasteiger partial charge >= 0.3 is 5.97 Å². The molecule has 0 saturated heterocycles. The predicted octanol–water partition coefficient (Wildman–Crippen LogP) is 1.04. The molecule has 94 valence electrons. The summed E-state index contributed by atoms with van der Waals surface area (Å²) in [5.74, 6) is 0.446. The first-order chi connectivity index (χ1) is 8.54. The molecule has 4 nitrogen and oxygen atoms in total. The van der Waals surface area contributed by atoms with Crippen LogP contribution in [0, 0.1) is 25.1 Å². The molecule has 0 saturated carbocycles. The Morgan fingerprint density at radius 1 is 1.50 bits per heavy atom. The second kappa shape index (κ2) is 6.40. The van der Waals surface area contributed by atoms with Gasteiger partial charge in [-0.25, -0.2) is 9.18 Å². The van der Waals surface area contributed by atoms with Crippen LogP contribution in [0.15, 0.2) is 18.2 Å². The van der Waals surface area contributed by atoms with Crippen molar-refractivity contribution < 1.29 is 18.7 Å². The number of aryl methyl sites for hydroxylation is 1. The van der Waals surface area contributed by atoms with Crippen molar-refractivity contribution >= 4 is 11.9 Å². The average molecular weight is 249 g/mol. The van der Waals surface area contributed by atoms with Gasteiger partial charge < -0.3 is 10.1 Å². The lowest BCUT2D eigenvalue weighted by Crippen LogP contribution is -2.29. The third kappa shape index (κ3) is 3.91.